The van der Waals surface area contributed by atoms with Crippen LogP contribution < -0.4 is 20.0 Å². The zero-order valence-electron chi connectivity index (χ0n) is 27.5. The summed E-state index contributed by atoms with van der Waals surface area (Å²) in [6.45, 7) is 3.14. The zero-order chi connectivity index (χ0) is 35.0. The van der Waals surface area contributed by atoms with Crippen molar-refractivity contribution in [1.29, 1.82) is 0 Å². The fourth-order valence-electron chi connectivity index (χ4n) is 7.84. The van der Waals surface area contributed by atoms with Crippen molar-refractivity contribution in [2.75, 3.05) is 36.5 Å². The van der Waals surface area contributed by atoms with Crippen molar-refractivity contribution in [1.82, 2.24) is 24.5 Å². The van der Waals surface area contributed by atoms with Gasteiger partial charge in [0, 0.05) is 31.9 Å². The molecular formula is C35H34FN7O7. The van der Waals surface area contributed by atoms with Gasteiger partial charge in [-0.05, 0) is 62.3 Å². The smallest absolute Gasteiger partial charge is 0.341 e. The molecule has 1 aliphatic carbocycles. The third kappa shape index (κ3) is 5.10. The number of pyridine rings is 1. The number of carboxylic acids is 1. The summed E-state index contributed by atoms with van der Waals surface area (Å²) >= 11 is 0. The van der Waals surface area contributed by atoms with Crippen molar-refractivity contribution in [2.45, 2.75) is 57.8 Å². The maximum absolute atomic E-state index is 16.0. The second-order valence-corrected chi connectivity index (χ2v) is 13.6. The summed E-state index contributed by atoms with van der Waals surface area (Å²) < 4.78 is 25.0. The van der Waals surface area contributed by atoms with Crippen LogP contribution in [0.25, 0.3) is 10.9 Å². The number of carbonyl (C=O) groups is 4. The molecule has 8 rings (SSSR count). The van der Waals surface area contributed by atoms with E-state index in [0.29, 0.717) is 42.1 Å². The van der Waals surface area contributed by atoms with Gasteiger partial charge in [0.05, 0.1) is 48.0 Å². The van der Waals surface area contributed by atoms with Crippen LogP contribution in [0.15, 0.2) is 41.5 Å². The van der Waals surface area contributed by atoms with E-state index in [1.807, 2.05) is 16.7 Å². The first-order chi connectivity index (χ1) is 24.0. The van der Waals surface area contributed by atoms with Crippen molar-refractivity contribution in [2.24, 2.45) is 5.92 Å². The molecule has 14 nitrogen and oxygen atoms in total. The standard InChI is InChI=1S/C35H34FN7O7/c1-18-5-8-22-26(10-18)43(34(47)32(22)46)14-20-13-40(38-37-20)17-28(44)41-9-3-4-19-12-39(16-27(19)41)30-25(36)11-23-29(33(30)50-2)42(21-6-7-21)15-24(31(23)45)35(48)49/h5,8,10-11,13,15,19,21,27H,3-4,6-7,9,12,14,16-17H2,1-2H3,(H,48,49)/t19-,27+/m1/s1. The third-order valence-electron chi connectivity index (χ3n) is 10.3. The van der Waals surface area contributed by atoms with Gasteiger partial charge in [-0.25, -0.2) is 13.9 Å². The van der Waals surface area contributed by atoms with E-state index < -0.39 is 34.5 Å². The van der Waals surface area contributed by atoms with Crippen LogP contribution in [0.1, 0.15) is 63.7 Å². The Hall–Kier alpha value is -5.60. The average molecular weight is 684 g/mol. The first kappa shape index (κ1) is 31.7. The van der Waals surface area contributed by atoms with Gasteiger partial charge in [-0.15, -0.1) is 5.10 Å². The van der Waals surface area contributed by atoms with Gasteiger partial charge >= 0.3 is 5.97 Å². The second kappa shape index (κ2) is 11.8. The number of ketones is 1. The zero-order valence-corrected chi connectivity index (χ0v) is 27.5. The molecule has 0 bridgehead atoms. The first-order valence-electron chi connectivity index (χ1n) is 16.6. The highest BCUT2D eigenvalue weighted by Gasteiger charge is 2.43. The number of aromatic nitrogens is 4. The Morgan fingerprint density at radius 2 is 1.88 bits per heavy atom. The largest absolute Gasteiger partial charge is 0.492 e. The summed E-state index contributed by atoms with van der Waals surface area (Å²) in [6, 6.07) is 6.08. The predicted molar refractivity (Wildman–Crippen MR) is 177 cm³/mol. The number of aromatic carboxylic acids is 1. The Kier molecular flexibility index (Phi) is 7.45. The lowest BCUT2D eigenvalue weighted by molar-refractivity contribution is -0.136. The van der Waals surface area contributed by atoms with E-state index in [9.17, 15) is 29.1 Å². The number of nitrogens with zero attached hydrogens (tertiary/aromatic N) is 7. The molecule has 2 amide bonds. The minimum Gasteiger partial charge on any atom is -0.492 e. The van der Waals surface area contributed by atoms with Crippen LogP contribution in [0, 0.1) is 18.7 Å². The molecule has 5 heterocycles. The number of hydrogen-bond donors (Lipinski definition) is 1. The molecule has 4 aliphatic rings. The Morgan fingerprint density at radius 3 is 2.62 bits per heavy atom. The molecule has 0 unspecified atom stereocenters. The minimum absolute atomic E-state index is 0.0201. The van der Waals surface area contributed by atoms with Crippen molar-refractivity contribution >= 4 is 45.8 Å². The van der Waals surface area contributed by atoms with E-state index in [0.717, 1.165) is 37.3 Å². The van der Waals surface area contributed by atoms with Crippen molar-refractivity contribution in [3.63, 3.8) is 0 Å². The van der Waals surface area contributed by atoms with Gasteiger partial charge in [0.15, 0.2) is 11.6 Å². The lowest BCUT2D eigenvalue weighted by atomic mass is 9.92. The lowest BCUT2D eigenvalue weighted by Crippen LogP contribution is -2.49. The van der Waals surface area contributed by atoms with Gasteiger partial charge in [0.1, 0.15) is 23.5 Å². The number of carbonyl (C=O) groups excluding carboxylic acids is 3. The number of anilines is 2. The van der Waals surface area contributed by atoms with Crippen LogP contribution in [0.3, 0.4) is 0 Å². The Morgan fingerprint density at radius 1 is 1.08 bits per heavy atom. The molecule has 0 spiro atoms. The molecule has 1 N–H and O–H groups in total. The molecule has 2 aromatic carbocycles. The maximum atomic E-state index is 16.0. The highest BCUT2D eigenvalue weighted by molar-refractivity contribution is 6.52. The molecule has 1 saturated carbocycles. The molecule has 50 heavy (non-hydrogen) atoms. The number of fused-ring (bicyclic) bond motifs is 3. The number of halogens is 1. The number of aryl methyl sites for hydroxylation is 1. The SMILES string of the molecule is COc1c(N2C[C@H]3CCCN(C(=O)Cn4cc(CN5C(=O)C(=O)c6ccc(C)cc65)nn4)[C@H]3C2)c(F)cc2c(=O)c(C(=O)O)cn(C3CC3)c12. The maximum Gasteiger partial charge on any atom is 0.341 e. The fourth-order valence-corrected chi connectivity index (χ4v) is 7.84. The van der Waals surface area contributed by atoms with Crippen LogP contribution in [0.2, 0.25) is 0 Å². The molecule has 258 valence electrons. The van der Waals surface area contributed by atoms with Gasteiger partial charge in [-0.1, -0.05) is 11.3 Å². The molecule has 2 saturated heterocycles. The van der Waals surface area contributed by atoms with Gasteiger partial charge < -0.3 is 24.2 Å². The topological polar surface area (TPSA) is 160 Å². The Labute approximate surface area is 284 Å². The number of amides is 2. The second-order valence-electron chi connectivity index (χ2n) is 13.6. The van der Waals surface area contributed by atoms with Gasteiger partial charge in [0.25, 0.3) is 11.7 Å². The predicted octanol–water partition coefficient (Wildman–Crippen LogP) is 2.94. The summed E-state index contributed by atoms with van der Waals surface area (Å²) in [7, 11) is 1.41. The summed E-state index contributed by atoms with van der Waals surface area (Å²) in [5.41, 5.74) is 1.57. The summed E-state index contributed by atoms with van der Waals surface area (Å²) in [4.78, 5) is 69.0. The lowest BCUT2D eigenvalue weighted by Gasteiger charge is -2.36. The van der Waals surface area contributed by atoms with E-state index in [4.69, 9.17) is 4.74 Å². The van der Waals surface area contributed by atoms with E-state index >= 15 is 4.39 Å². The van der Waals surface area contributed by atoms with Crippen molar-refractivity contribution in [3.8, 4) is 5.75 Å². The molecule has 2 aromatic heterocycles. The van der Waals surface area contributed by atoms with Crippen LogP contribution >= 0.6 is 0 Å². The summed E-state index contributed by atoms with van der Waals surface area (Å²) in [6.07, 6.45) is 6.13. The number of benzene rings is 2. The number of carboxylic acid groups (broad SMARTS) is 1. The fraction of sp³-hybridized carbons (Fsp3) is 0.400. The van der Waals surface area contributed by atoms with Crippen LogP contribution in [-0.2, 0) is 22.7 Å². The van der Waals surface area contributed by atoms with Gasteiger partial charge in [0.2, 0.25) is 11.3 Å². The normalized spacial score (nSPS) is 20.1. The monoisotopic (exact) mass is 683 g/mol. The van der Waals surface area contributed by atoms with E-state index in [-0.39, 0.29) is 53.8 Å². The third-order valence-corrected chi connectivity index (χ3v) is 10.3. The highest BCUT2D eigenvalue weighted by atomic mass is 19.1. The van der Waals surface area contributed by atoms with E-state index in [2.05, 4.69) is 10.3 Å². The summed E-state index contributed by atoms with van der Waals surface area (Å²) in [5.74, 6) is -3.23. The molecular weight excluding hydrogens is 649 g/mol. The van der Waals surface area contributed by atoms with Crippen LogP contribution in [-0.4, -0.2) is 85.9 Å². The number of hydrogen-bond acceptors (Lipinski definition) is 9. The average Bonchev–Trinajstić information content (AvgIpc) is 3.62. The number of ether oxygens (including phenoxy) is 1. The van der Waals surface area contributed by atoms with Crippen molar-refractivity contribution < 1.29 is 33.4 Å². The number of likely N-dealkylation sites (tertiary alicyclic amines) is 1. The molecule has 2 atom stereocenters. The minimum atomic E-state index is -1.37. The Bertz CT molecular complexity index is 2190. The van der Waals surface area contributed by atoms with E-state index in [1.54, 1.807) is 29.0 Å². The summed E-state index contributed by atoms with van der Waals surface area (Å²) in [5, 5.41) is 17.9. The Balaban J connectivity index is 1.03. The molecule has 0 radical (unpaired) electrons. The quantitative estimate of drug-likeness (QED) is 0.274. The highest BCUT2D eigenvalue weighted by Crippen LogP contribution is 2.45. The van der Waals surface area contributed by atoms with Gasteiger partial charge in [-0.2, -0.15) is 0 Å². The molecule has 15 heteroatoms. The molecule has 3 aliphatic heterocycles. The van der Waals surface area contributed by atoms with Crippen LogP contribution in [0.4, 0.5) is 15.8 Å². The van der Waals surface area contributed by atoms with Crippen molar-refractivity contribution in [3.05, 3.63) is 75.1 Å². The van der Waals surface area contributed by atoms with Crippen LogP contribution in [0.5, 0.6) is 5.75 Å². The molecule has 4 aromatic rings. The number of Topliss-reactive ketones (excluding diaryl/α,β-unsaturated/α-hetero) is 1. The molecule has 3 fully saturated rings. The number of rotatable bonds is 8. The van der Waals surface area contributed by atoms with E-state index in [1.165, 1.54) is 22.9 Å². The number of piperidine rings is 1. The number of methoxy groups -OCH3 is 1. The first-order valence-corrected chi connectivity index (χ1v) is 16.6. The van der Waals surface area contributed by atoms with Gasteiger partial charge in [-0.3, -0.25) is 24.1 Å².